The summed E-state index contributed by atoms with van der Waals surface area (Å²) < 4.78 is 7.57. The number of rotatable bonds is 6. The van der Waals surface area contributed by atoms with E-state index in [9.17, 15) is 5.26 Å². The molecule has 10 heteroatoms. The highest BCUT2D eigenvalue weighted by atomic mass is 35.5. The van der Waals surface area contributed by atoms with E-state index in [1.54, 1.807) is 16.9 Å². The Morgan fingerprint density at radius 3 is 2.86 bits per heavy atom. The first-order valence-corrected chi connectivity index (χ1v) is 11.8. The van der Waals surface area contributed by atoms with Crippen LogP contribution in [0.2, 0.25) is 5.02 Å². The molecule has 3 aromatic heterocycles. The highest BCUT2D eigenvalue weighted by Crippen LogP contribution is 2.34. The number of hydrogen-bond donors (Lipinski definition) is 1. The van der Waals surface area contributed by atoms with Gasteiger partial charge in [-0.25, -0.2) is 9.97 Å². The Morgan fingerprint density at radius 1 is 1.23 bits per heavy atom. The molecule has 1 aromatic carbocycles. The summed E-state index contributed by atoms with van der Waals surface area (Å²) >= 11 is 6.55. The molecule has 1 atom stereocenters. The van der Waals surface area contributed by atoms with Crippen LogP contribution < -0.4 is 5.32 Å². The van der Waals surface area contributed by atoms with Crippen LogP contribution in [0.25, 0.3) is 33.5 Å². The van der Waals surface area contributed by atoms with E-state index in [2.05, 4.69) is 26.4 Å². The second kappa shape index (κ2) is 9.96. The first-order chi connectivity index (χ1) is 17.0. The number of aromatic nitrogens is 5. The van der Waals surface area contributed by atoms with Gasteiger partial charge in [0.05, 0.1) is 23.4 Å². The van der Waals surface area contributed by atoms with E-state index in [0.29, 0.717) is 46.7 Å². The molecule has 1 fully saturated rings. The molecule has 0 amide bonds. The number of fused-ring (bicyclic) bond motifs is 1. The van der Waals surface area contributed by atoms with E-state index in [4.69, 9.17) is 26.3 Å². The zero-order valence-electron chi connectivity index (χ0n) is 19.6. The topological polar surface area (TPSA) is 105 Å². The van der Waals surface area contributed by atoms with E-state index in [-0.39, 0.29) is 11.8 Å². The van der Waals surface area contributed by atoms with Gasteiger partial charge in [0.25, 0.3) is 0 Å². The van der Waals surface area contributed by atoms with Crippen LogP contribution in [0.15, 0.2) is 42.7 Å². The SMILES string of the molecule is CN1CCC(CCNc2nc(-c3ccn(C)n3)c(-c3cc(Cl)c4ncccc4c3)nc2C#N)OC1. The summed E-state index contributed by atoms with van der Waals surface area (Å²) in [7, 11) is 3.89. The van der Waals surface area contributed by atoms with Crippen molar-refractivity contribution < 1.29 is 4.74 Å². The standard InChI is InChI=1S/C25H25ClN8O/c1-33-10-6-18(35-15-33)5-9-29-25-21(14-27)30-23(24(31-25)20-7-11-34(2)32-20)17-12-16-4-3-8-28-22(16)19(26)13-17/h3-4,7-8,11-13,18H,5-6,9-10,15H2,1-2H3,(H,29,31). The van der Waals surface area contributed by atoms with Crippen molar-refractivity contribution in [3.63, 3.8) is 0 Å². The van der Waals surface area contributed by atoms with Crippen molar-refractivity contribution in [2.75, 3.05) is 32.2 Å². The maximum atomic E-state index is 9.88. The second-order valence-electron chi connectivity index (χ2n) is 8.64. The van der Waals surface area contributed by atoms with Crippen molar-refractivity contribution >= 4 is 28.3 Å². The minimum atomic E-state index is 0.181. The molecule has 178 valence electrons. The molecule has 0 aliphatic carbocycles. The van der Waals surface area contributed by atoms with Crippen molar-refractivity contribution in [3.8, 4) is 28.7 Å². The van der Waals surface area contributed by atoms with Gasteiger partial charge in [-0.2, -0.15) is 10.4 Å². The number of aryl methyl sites for hydroxylation is 1. The summed E-state index contributed by atoms with van der Waals surface area (Å²) in [4.78, 5) is 16.1. The Hall–Kier alpha value is -3.58. The molecule has 1 N–H and O–H groups in total. The number of hydrogen-bond acceptors (Lipinski definition) is 8. The van der Waals surface area contributed by atoms with Gasteiger partial charge in [0.1, 0.15) is 23.2 Å². The van der Waals surface area contributed by atoms with E-state index >= 15 is 0 Å². The molecule has 9 nitrogen and oxygen atoms in total. The fourth-order valence-corrected chi connectivity index (χ4v) is 4.44. The lowest BCUT2D eigenvalue weighted by Gasteiger charge is -2.29. The van der Waals surface area contributed by atoms with Gasteiger partial charge in [0, 0.05) is 43.5 Å². The highest BCUT2D eigenvalue weighted by molar-refractivity contribution is 6.35. The van der Waals surface area contributed by atoms with E-state index < -0.39 is 0 Å². The number of nitrogens with one attached hydrogen (secondary N) is 1. The van der Waals surface area contributed by atoms with Crippen LogP contribution in [-0.4, -0.2) is 62.6 Å². The largest absolute Gasteiger partial charge is 0.368 e. The molecule has 1 aliphatic rings. The molecular formula is C25H25ClN8O. The normalized spacial score (nSPS) is 16.3. The molecule has 35 heavy (non-hydrogen) atoms. The first kappa shape index (κ1) is 23.2. The lowest BCUT2D eigenvalue weighted by atomic mass is 10.0. The smallest absolute Gasteiger partial charge is 0.183 e. The van der Waals surface area contributed by atoms with Gasteiger partial charge >= 0.3 is 0 Å². The van der Waals surface area contributed by atoms with Gasteiger partial charge in [-0.05, 0) is 44.2 Å². The predicted molar refractivity (Wildman–Crippen MR) is 135 cm³/mol. The molecule has 0 saturated carbocycles. The van der Waals surface area contributed by atoms with Crippen molar-refractivity contribution in [1.29, 1.82) is 5.26 Å². The number of anilines is 1. The molecule has 0 radical (unpaired) electrons. The first-order valence-electron chi connectivity index (χ1n) is 11.4. The zero-order chi connectivity index (χ0) is 24.4. The third kappa shape index (κ3) is 4.95. The fraction of sp³-hybridized carbons (Fsp3) is 0.320. The molecule has 0 spiro atoms. The van der Waals surface area contributed by atoms with Crippen LogP contribution in [0.5, 0.6) is 0 Å². The summed E-state index contributed by atoms with van der Waals surface area (Å²) in [5, 5.41) is 19.1. The van der Waals surface area contributed by atoms with Crippen LogP contribution >= 0.6 is 11.6 Å². The van der Waals surface area contributed by atoms with Gasteiger partial charge < -0.3 is 10.1 Å². The van der Waals surface area contributed by atoms with Crippen LogP contribution in [0.3, 0.4) is 0 Å². The van der Waals surface area contributed by atoms with Crippen LogP contribution in [0.4, 0.5) is 5.82 Å². The molecular weight excluding hydrogens is 464 g/mol. The third-order valence-corrected chi connectivity index (χ3v) is 6.30. The maximum absolute atomic E-state index is 9.88. The Bertz CT molecular complexity index is 1400. The average molecular weight is 489 g/mol. The van der Waals surface area contributed by atoms with Crippen molar-refractivity contribution in [2.45, 2.75) is 18.9 Å². The number of nitrogens with zero attached hydrogens (tertiary/aromatic N) is 7. The summed E-state index contributed by atoms with van der Waals surface area (Å²) in [5.74, 6) is 0.429. The van der Waals surface area contributed by atoms with Crippen molar-refractivity contribution in [2.24, 2.45) is 7.05 Å². The predicted octanol–water partition coefficient (Wildman–Crippen LogP) is 4.10. The lowest BCUT2D eigenvalue weighted by molar-refractivity contribution is -0.0590. The molecule has 4 heterocycles. The molecule has 1 unspecified atom stereocenters. The van der Waals surface area contributed by atoms with Gasteiger partial charge in [-0.1, -0.05) is 17.7 Å². The molecule has 4 aromatic rings. The van der Waals surface area contributed by atoms with Gasteiger partial charge in [0.15, 0.2) is 11.5 Å². The van der Waals surface area contributed by atoms with E-state index in [1.807, 2.05) is 44.6 Å². The van der Waals surface area contributed by atoms with Crippen LogP contribution in [-0.2, 0) is 11.8 Å². The third-order valence-electron chi connectivity index (χ3n) is 6.01. The van der Waals surface area contributed by atoms with Crippen LogP contribution in [0, 0.1) is 11.3 Å². The second-order valence-corrected chi connectivity index (χ2v) is 9.05. The van der Waals surface area contributed by atoms with Crippen LogP contribution in [0.1, 0.15) is 18.5 Å². The molecule has 5 rings (SSSR count). The van der Waals surface area contributed by atoms with Gasteiger partial charge in [-0.15, -0.1) is 0 Å². The Morgan fingerprint density at radius 2 is 2.11 bits per heavy atom. The number of pyridine rings is 1. The van der Waals surface area contributed by atoms with E-state index in [1.165, 1.54) is 0 Å². The molecule has 1 aliphatic heterocycles. The molecule has 1 saturated heterocycles. The van der Waals surface area contributed by atoms with Gasteiger partial charge in [0.2, 0.25) is 0 Å². The fourth-order valence-electron chi connectivity index (χ4n) is 4.17. The number of nitriles is 1. The van der Waals surface area contributed by atoms with Crippen molar-refractivity contribution in [3.05, 3.63) is 53.4 Å². The number of ether oxygens (including phenoxy) is 1. The summed E-state index contributed by atoms with van der Waals surface area (Å²) in [5.41, 5.74) is 3.43. The Labute approximate surface area is 208 Å². The van der Waals surface area contributed by atoms with Gasteiger partial charge in [-0.3, -0.25) is 14.6 Å². The summed E-state index contributed by atoms with van der Waals surface area (Å²) in [6, 6.07) is 11.6. The minimum Gasteiger partial charge on any atom is -0.368 e. The zero-order valence-corrected chi connectivity index (χ0v) is 20.3. The minimum absolute atomic E-state index is 0.181. The maximum Gasteiger partial charge on any atom is 0.183 e. The average Bonchev–Trinajstić information content (AvgIpc) is 3.31. The quantitative estimate of drug-likeness (QED) is 0.432. The number of benzene rings is 1. The number of halogens is 1. The van der Waals surface area contributed by atoms with E-state index in [0.717, 1.165) is 30.3 Å². The molecule has 0 bridgehead atoms. The van der Waals surface area contributed by atoms with Crippen molar-refractivity contribution in [1.82, 2.24) is 29.6 Å². The lowest BCUT2D eigenvalue weighted by Crippen LogP contribution is -2.36. The summed E-state index contributed by atoms with van der Waals surface area (Å²) in [6.07, 6.45) is 5.53. The monoisotopic (exact) mass is 488 g/mol. The Kier molecular flexibility index (Phi) is 6.59. The summed E-state index contributed by atoms with van der Waals surface area (Å²) in [6.45, 7) is 2.26. The highest BCUT2D eigenvalue weighted by Gasteiger charge is 2.21. The Balaban J connectivity index is 1.52.